The third kappa shape index (κ3) is 4.34. The van der Waals surface area contributed by atoms with E-state index in [0.29, 0.717) is 6.42 Å². The van der Waals surface area contributed by atoms with Crippen molar-refractivity contribution in [3.63, 3.8) is 0 Å². The summed E-state index contributed by atoms with van der Waals surface area (Å²) in [5.74, 6) is 1.38. The lowest BCUT2D eigenvalue weighted by Crippen LogP contribution is -2.28. The minimum absolute atomic E-state index is 0.0178. The first kappa shape index (κ1) is 17.8. The van der Waals surface area contributed by atoms with Crippen LogP contribution >= 0.6 is 0 Å². The summed E-state index contributed by atoms with van der Waals surface area (Å²) in [6.45, 7) is 3.45. The minimum Gasteiger partial charge on any atom is -0.493 e. The normalized spacial score (nSPS) is 23.5. The van der Waals surface area contributed by atoms with Crippen LogP contribution in [0.2, 0.25) is 0 Å². The van der Waals surface area contributed by atoms with Crippen molar-refractivity contribution in [1.82, 2.24) is 4.90 Å². The Morgan fingerprint density at radius 2 is 2.16 bits per heavy atom. The van der Waals surface area contributed by atoms with Crippen LogP contribution in [0.25, 0.3) is 0 Å². The fraction of sp³-hybridized carbons (Fsp3) is 0.550. The molecule has 2 unspecified atom stereocenters. The highest BCUT2D eigenvalue weighted by Crippen LogP contribution is 2.38. The molecule has 0 radical (unpaired) electrons. The van der Waals surface area contributed by atoms with Crippen molar-refractivity contribution in [3.8, 4) is 11.5 Å². The fourth-order valence-electron chi connectivity index (χ4n) is 3.63. The zero-order chi connectivity index (χ0) is 17.8. The van der Waals surface area contributed by atoms with Crippen molar-refractivity contribution in [2.45, 2.75) is 51.4 Å². The van der Waals surface area contributed by atoms with E-state index >= 15 is 0 Å². The van der Waals surface area contributed by atoms with Gasteiger partial charge in [-0.05, 0) is 44.1 Å². The molecule has 5 heteroatoms. The molecule has 5 nitrogen and oxygen atoms in total. The van der Waals surface area contributed by atoms with E-state index < -0.39 is 0 Å². The highest BCUT2D eigenvalue weighted by atomic mass is 16.5. The molecule has 3 rings (SSSR count). The van der Waals surface area contributed by atoms with Gasteiger partial charge in [0.1, 0.15) is 12.2 Å². The van der Waals surface area contributed by atoms with Crippen molar-refractivity contribution in [1.29, 1.82) is 0 Å². The zero-order valence-corrected chi connectivity index (χ0v) is 15.3. The Balaban J connectivity index is 1.83. The van der Waals surface area contributed by atoms with Gasteiger partial charge in [-0.25, -0.2) is 0 Å². The molecule has 1 aliphatic carbocycles. The molecule has 136 valence electrons. The number of methoxy groups -OCH3 is 1. The van der Waals surface area contributed by atoms with Crippen LogP contribution in [0.3, 0.4) is 0 Å². The first-order valence-corrected chi connectivity index (χ1v) is 8.94. The van der Waals surface area contributed by atoms with Crippen molar-refractivity contribution < 1.29 is 19.0 Å². The van der Waals surface area contributed by atoms with Crippen molar-refractivity contribution >= 4 is 5.97 Å². The third-order valence-electron chi connectivity index (χ3n) is 4.79. The molecule has 2 atom stereocenters. The number of carbonyl (C=O) groups is 1. The summed E-state index contributed by atoms with van der Waals surface area (Å²) in [6, 6.07) is 4.14. The maximum absolute atomic E-state index is 11.2. The molecule has 0 amide bonds. The van der Waals surface area contributed by atoms with Gasteiger partial charge in [0.25, 0.3) is 0 Å². The van der Waals surface area contributed by atoms with Gasteiger partial charge in [0, 0.05) is 31.9 Å². The van der Waals surface area contributed by atoms with E-state index in [2.05, 4.69) is 18.0 Å². The smallest absolute Gasteiger partial charge is 0.303 e. The maximum atomic E-state index is 11.2. The fourth-order valence-corrected chi connectivity index (χ4v) is 3.63. The molecule has 1 aromatic rings. The molecule has 0 fully saturated rings. The molecular formula is C20H27NO4. The van der Waals surface area contributed by atoms with Gasteiger partial charge in [-0.15, -0.1) is 0 Å². The van der Waals surface area contributed by atoms with E-state index in [9.17, 15) is 4.79 Å². The van der Waals surface area contributed by atoms with E-state index in [1.165, 1.54) is 18.1 Å². The number of benzene rings is 1. The molecule has 0 N–H and O–H groups in total. The van der Waals surface area contributed by atoms with Gasteiger partial charge in [-0.3, -0.25) is 4.79 Å². The Labute approximate surface area is 149 Å². The molecule has 0 saturated heterocycles. The van der Waals surface area contributed by atoms with Gasteiger partial charge in [0.15, 0.2) is 11.5 Å². The van der Waals surface area contributed by atoms with E-state index in [0.717, 1.165) is 43.9 Å². The van der Waals surface area contributed by atoms with Crippen molar-refractivity contribution in [2.75, 3.05) is 20.7 Å². The Bertz CT molecular complexity index is 655. The van der Waals surface area contributed by atoms with Gasteiger partial charge in [0.2, 0.25) is 0 Å². The lowest BCUT2D eigenvalue weighted by Gasteiger charge is -2.27. The lowest BCUT2D eigenvalue weighted by molar-refractivity contribution is -0.145. The van der Waals surface area contributed by atoms with Gasteiger partial charge in [0.05, 0.1) is 7.11 Å². The van der Waals surface area contributed by atoms with E-state index in [4.69, 9.17) is 14.2 Å². The van der Waals surface area contributed by atoms with Crippen LogP contribution in [0.5, 0.6) is 11.5 Å². The van der Waals surface area contributed by atoms with Gasteiger partial charge in [-0.2, -0.15) is 0 Å². The lowest BCUT2D eigenvalue weighted by atomic mass is 9.99. The van der Waals surface area contributed by atoms with Gasteiger partial charge >= 0.3 is 5.97 Å². The molecule has 2 aliphatic rings. The molecule has 0 bridgehead atoms. The number of hydrogen-bond acceptors (Lipinski definition) is 5. The van der Waals surface area contributed by atoms with E-state index in [-0.39, 0.29) is 18.2 Å². The number of rotatable bonds is 4. The second-order valence-electron chi connectivity index (χ2n) is 6.86. The molecule has 1 heterocycles. The van der Waals surface area contributed by atoms with Crippen molar-refractivity contribution in [3.05, 3.63) is 35.4 Å². The SMILES string of the molecule is COc1ccc2c(c1OC1CC=CC(OC(C)=O)C1)CCCN(C)C2. The molecule has 25 heavy (non-hydrogen) atoms. The molecule has 1 aromatic carbocycles. The van der Waals surface area contributed by atoms with E-state index in [1.54, 1.807) is 7.11 Å². The first-order valence-electron chi connectivity index (χ1n) is 8.94. The van der Waals surface area contributed by atoms with E-state index in [1.807, 2.05) is 18.2 Å². The quantitative estimate of drug-likeness (QED) is 0.620. The summed E-state index contributed by atoms with van der Waals surface area (Å²) in [5.41, 5.74) is 2.56. The summed E-state index contributed by atoms with van der Waals surface area (Å²) in [4.78, 5) is 13.6. The molecule has 0 aromatic heterocycles. The summed E-state index contributed by atoms with van der Waals surface area (Å²) in [6.07, 6.45) is 7.32. The maximum Gasteiger partial charge on any atom is 0.303 e. The number of fused-ring (bicyclic) bond motifs is 1. The Kier molecular flexibility index (Phi) is 5.63. The minimum atomic E-state index is -0.260. The monoisotopic (exact) mass is 345 g/mol. The summed E-state index contributed by atoms with van der Waals surface area (Å²) < 4.78 is 17.3. The largest absolute Gasteiger partial charge is 0.493 e. The number of nitrogens with zero attached hydrogens (tertiary/aromatic N) is 1. The van der Waals surface area contributed by atoms with Crippen LogP contribution in [-0.4, -0.2) is 43.8 Å². The number of ether oxygens (including phenoxy) is 3. The molecule has 1 aliphatic heterocycles. The Morgan fingerprint density at radius 3 is 2.92 bits per heavy atom. The second kappa shape index (κ2) is 7.91. The number of esters is 1. The predicted octanol–water partition coefficient (Wildman–Crippen LogP) is 3.10. The third-order valence-corrected chi connectivity index (χ3v) is 4.79. The average Bonchev–Trinajstić information content (AvgIpc) is 2.76. The van der Waals surface area contributed by atoms with Crippen LogP contribution in [0.15, 0.2) is 24.3 Å². The molecule has 0 saturated carbocycles. The van der Waals surface area contributed by atoms with Crippen LogP contribution < -0.4 is 9.47 Å². The molecular weight excluding hydrogens is 318 g/mol. The summed E-state index contributed by atoms with van der Waals surface area (Å²) >= 11 is 0. The highest BCUT2D eigenvalue weighted by Gasteiger charge is 2.25. The zero-order valence-electron chi connectivity index (χ0n) is 15.3. The predicted molar refractivity (Wildman–Crippen MR) is 96.0 cm³/mol. The van der Waals surface area contributed by atoms with Crippen LogP contribution in [0, 0.1) is 0 Å². The standard InChI is InChI=1S/C20H27NO4/c1-14(22)24-16-6-4-7-17(12-16)25-20-18-8-5-11-21(2)13-15(18)9-10-19(20)23-3/h4,6,9-10,16-17H,5,7-8,11-13H2,1-3H3. The average molecular weight is 345 g/mol. The topological polar surface area (TPSA) is 48.0 Å². The highest BCUT2D eigenvalue weighted by molar-refractivity contribution is 5.66. The van der Waals surface area contributed by atoms with Gasteiger partial charge < -0.3 is 19.1 Å². The van der Waals surface area contributed by atoms with Crippen LogP contribution in [0.4, 0.5) is 0 Å². The summed E-state index contributed by atoms with van der Waals surface area (Å²) in [5, 5.41) is 0. The second-order valence-corrected chi connectivity index (χ2v) is 6.86. The number of carbonyl (C=O) groups excluding carboxylic acids is 1. The van der Waals surface area contributed by atoms with Crippen LogP contribution in [0.1, 0.15) is 37.3 Å². The first-order chi connectivity index (χ1) is 12.1. The Morgan fingerprint density at radius 1 is 1.32 bits per heavy atom. The molecule has 0 spiro atoms. The van der Waals surface area contributed by atoms with Gasteiger partial charge in [-0.1, -0.05) is 12.1 Å². The summed E-state index contributed by atoms with van der Waals surface area (Å²) in [7, 11) is 3.83. The van der Waals surface area contributed by atoms with Crippen LogP contribution in [-0.2, 0) is 22.5 Å². The number of hydrogen-bond donors (Lipinski definition) is 0. The van der Waals surface area contributed by atoms with Crippen molar-refractivity contribution in [2.24, 2.45) is 0 Å². The Hall–Kier alpha value is -2.01.